The first-order valence-corrected chi connectivity index (χ1v) is 6.84. The number of aromatic nitrogens is 4. The van der Waals surface area contributed by atoms with Crippen LogP contribution in [-0.4, -0.2) is 37.2 Å². The van der Waals surface area contributed by atoms with Crippen LogP contribution in [0.3, 0.4) is 0 Å². The Kier molecular flexibility index (Phi) is 3.86. The van der Waals surface area contributed by atoms with Crippen LogP contribution >= 0.6 is 11.6 Å². The molecule has 0 aliphatic rings. The monoisotopic (exact) mass is 328 g/mol. The highest BCUT2D eigenvalue weighted by Crippen LogP contribution is 2.25. The first-order valence-electron chi connectivity index (χ1n) is 6.46. The number of nitrogens with zero attached hydrogens (tertiary/aromatic N) is 4. The molecule has 0 amide bonds. The molecule has 3 rings (SSSR count). The second kappa shape index (κ2) is 5.98. The molecule has 0 aliphatic carbocycles. The minimum atomic E-state index is -1.18. The van der Waals surface area contributed by atoms with Gasteiger partial charge in [0.05, 0.1) is 5.69 Å². The van der Waals surface area contributed by atoms with Crippen molar-refractivity contribution in [3.8, 4) is 22.8 Å². The average molecular weight is 329 g/mol. The van der Waals surface area contributed by atoms with Gasteiger partial charge < -0.3 is 5.11 Å². The molecule has 0 bridgehead atoms. The van der Waals surface area contributed by atoms with Gasteiger partial charge in [-0.25, -0.2) is 14.8 Å². The first kappa shape index (κ1) is 14.9. The number of carbonyl (C=O) groups excluding carboxylic acids is 1. The van der Waals surface area contributed by atoms with Crippen LogP contribution < -0.4 is 0 Å². The standard InChI is InChI=1S/C15H9ClN4O3/c16-10-3-1-2-9(6-10)12-7-13(20(8-21)19-12)14-17-5-4-11(18-14)15(22)23/h1-8H,(H,22,23). The molecule has 8 heteroatoms. The Balaban J connectivity index is 2.11. The Morgan fingerprint density at radius 2 is 2.09 bits per heavy atom. The number of carboxylic acid groups (broad SMARTS) is 1. The molecule has 0 radical (unpaired) electrons. The van der Waals surface area contributed by atoms with Gasteiger partial charge in [0.25, 0.3) is 0 Å². The molecule has 0 atom stereocenters. The van der Waals surface area contributed by atoms with Crippen molar-refractivity contribution < 1.29 is 14.7 Å². The Hall–Kier alpha value is -3.06. The van der Waals surface area contributed by atoms with E-state index in [2.05, 4.69) is 15.1 Å². The maximum atomic E-state index is 11.2. The fraction of sp³-hybridized carbons (Fsp3) is 0. The minimum Gasteiger partial charge on any atom is -0.477 e. The van der Waals surface area contributed by atoms with Crippen LogP contribution in [0.2, 0.25) is 5.02 Å². The Morgan fingerprint density at radius 1 is 1.26 bits per heavy atom. The Bertz CT molecular complexity index is 907. The van der Waals surface area contributed by atoms with E-state index in [4.69, 9.17) is 16.7 Å². The summed E-state index contributed by atoms with van der Waals surface area (Å²) in [5.41, 5.74) is 1.34. The number of hydrogen-bond donors (Lipinski definition) is 1. The summed E-state index contributed by atoms with van der Waals surface area (Å²) in [5, 5.41) is 13.7. The van der Waals surface area contributed by atoms with Crippen molar-refractivity contribution in [1.29, 1.82) is 0 Å². The van der Waals surface area contributed by atoms with Crippen molar-refractivity contribution in [2.45, 2.75) is 0 Å². The number of rotatable bonds is 4. The van der Waals surface area contributed by atoms with E-state index in [0.29, 0.717) is 22.7 Å². The number of benzene rings is 1. The van der Waals surface area contributed by atoms with Crippen molar-refractivity contribution in [2.24, 2.45) is 0 Å². The predicted molar refractivity (Wildman–Crippen MR) is 82.8 cm³/mol. The molecule has 0 fully saturated rings. The SMILES string of the molecule is O=Cn1nc(-c2cccc(Cl)c2)cc1-c1nccc(C(=O)O)n1. The molecule has 3 aromatic rings. The predicted octanol–water partition coefficient (Wildman–Crippen LogP) is 2.40. The van der Waals surface area contributed by atoms with Gasteiger partial charge in [-0.15, -0.1) is 0 Å². The maximum Gasteiger partial charge on any atom is 0.354 e. The summed E-state index contributed by atoms with van der Waals surface area (Å²) in [7, 11) is 0. The van der Waals surface area contributed by atoms with Gasteiger partial charge in [-0.2, -0.15) is 9.78 Å². The molecule has 0 saturated heterocycles. The number of hydrogen-bond acceptors (Lipinski definition) is 5. The van der Waals surface area contributed by atoms with Crippen molar-refractivity contribution in [1.82, 2.24) is 19.7 Å². The molecule has 23 heavy (non-hydrogen) atoms. The van der Waals surface area contributed by atoms with E-state index < -0.39 is 5.97 Å². The lowest BCUT2D eigenvalue weighted by Gasteiger charge is -1.99. The fourth-order valence-corrected chi connectivity index (χ4v) is 2.22. The fourth-order valence-electron chi connectivity index (χ4n) is 2.03. The molecular formula is C15H9ClN4O3. The van der Waals surface area contributed by atoms with Crippen LogP contribution in [-0.2, 0) is 4.79 Å². The van der Waals surface area contributed by atoms with Gasteiger partial charge in [-0.1, -0.05) is 23.7 Å². The zero-order valence-electron chi connectivity index (χ0n) is 11.5. The van der Waals surface area contributed by atoms with Crippen LogP contribution in [0.1, 0.15) is 10.5 Å². The van der Waals surface area contributed by atoms with Crippen LogP contribution in [0.4, 0.5) is 0 Å². The third kappa shape index (κ3) is 2.95. The van der Waals surface area contributed by atoms with Crippen molar-refractivity contribution >= 4 is 24.0 Å². The average Bonchev–Trinajstić information content (AvgIpc) is 2.99. The molecule has 0 saturated carbocycles. The Morgan fingerprint density at radius 3 is 2.78 bits per heavy atom. The Labute approximate surface area is 135 Å². The summed E-state index contributed by atoms with van der Waals surface area (Å²) < 4.78 is 1.05. The van der Waals surface area contributed by atoms with E-state index >= 15 is 0 Å². The second-order valence-corrected chi connectivity index (χ2v) is 4.98. The van der Waals surface area contributed by atoms with Gasteiger partial charge in [-0.05, 0) is 24.3 Å². The summed E-state index contributed by atoms with van der Waals surface area (Å²) >= 11 is 5.95. The van der Waals surface area contributed by atoms with E-state index in [1.54, 1.807) is 30.3 Å². The summed E-state index contributed by atoms with van der Waals surface area (Å²) in [6.07, 6.45) is 1.81. The summed E-state index contributed by atoms with van der Waals surface area (Å²) in [6.45, 7) is 0. The number of carbonyl (C=O) groups is 2. The molecule has 2 aromatic heterocycles. The van der Waals surface area contributed by atoms with E-state index in [1.165, 1.54) is 12.3 Å². The van der Waals surface area contributed by atoms with Crippen LogP contribution in [0.15, 0.2) is 42.6 Å². The lowest BCUT2D eigenvalue weighted by Crippen LogP contribution is -2.06. The molecule has 7 nitrogen and oxygen atoms in total. The third-order valence-electron chi connectivity index (χ3n) is 3.06. The minimum absolute atomic E-state index is 0.0952. The van der Waals surface area contributed by atoms with Crippen LogP contribution in [0, 0.1) is 0 Å². The van der Waals surface area contributed by atoms with E-state index in [1.807, 2.05) is 0 Å². The molecule has 1 N–H and O–H groups in total. The molecular weight excluding hydrogens is 320 g/mol. The van der Waals surface area contributed by atoms with Gasteiger partial charge in [0.1, 0.15) is 5.69 Å². The summed E-state index contributed by atoms with van der Waals surface area (Å²) in [4.78, 5) is 30.2. The number of aromatic carboxylic acids is 1. The van der Waals surface area contributed by atoms with Gasteiger partial charge >= 0.3 is 5.97 Å². The topological polar surface area (TPSA) is 98.0 Å². The highest BCUT2D eigenvalue weighted by atomic mass is 35.5. The lowest BCUT2D eigenvalue weighted by molar-refractivity contribution is 0.0690. The van der Waals surface area contributed by atoms with Crippen molar-refractivity contribution in [2.75, 3.05) is 0 Å². The van der Waals surface area contributed by atoms with Crippen molar-refractivity contribution in [3.05, 3.63) is 53.3 Å². The molecule has 114 valence electrons. The highest BCUT2D eigenvalue weighted by Gasteiger charge is 2.15. The zero-order valence-corrected chi connectivity index (χ0v) is 12.3. The third-order valence-corrected chi connectivity index (χ3v) is 3.29. The maximum absolute atomic E-state index is 11.2. The van der Waals surface area contributed by atoms with E-state index in [-0.39, 0.29) is 17.2 Å². The number of carboxylic acids is 1. The smallest absolute Gasteiger partial charge is 0.354 e. The van der Waals surface area contributed by atoms with Gasteiger partial charge in [0.15, 0.2) is 11.5 Å². The van der Waals surface area contributed by atoms with E-state index in [9.17, 15) is 9.59 Å². The summed E-state index contributed by atoms with van der Waals surface area (Å²) in [6, 6.07) is 9.85. The van der Waals surface area contributed by atoms with Gasteiger partial charge in [0.2, 0.25) is 6.41 Å². The zero-order chi connectivity index (χ0) is 16.4. The molecule has 1 aromatic carbocycles. The van der Waals surface area contributed by atoms with Crippen LogP contribution in [0.5, 0.6) is 0 Å². The molecule has 0 aliphatic heterocycles. The molecule has 0 unspecified atom stereocenters. The first-order chi connectivity index (χ1) is 11.1. The van der Waals surface area contributed by atoms with Gasteiger partial charge in [0, 0.05) is 16.8 Å². The lowest BCUT2D eigenvalue weighted by atomic mass is 10.1. The quantitative estimate of drug-likeness (QED) is 0.738. The largest absolute Gasteiger partial charge is 0.477 e. The normalized spacial score (nSPS) is 10.5. The molecule has 2 heterocycles. The highest BCUT2D eigenvalue weighted by molar-refractivity contribution is 6.30. The van der Waals surface area contributed by atoms with Crippen molar-refractivity contribution in [3.63, 3.8) is 0 Å². The second-order valence-electron chi connectivity index (χ2n) is 4.55. The number of halogens is 1. The van der Waals surface area contributed by atoms with Crippen LogP contribution in [0.25, 0.3) is 22.8 Å². The van der Waals surface area contributed by atoms with E-state index in [0.717, 1.165) is 4.68 Å². The van der Waals surface area contributed by atoms with Gasteiger partial charge in [-0.3, -0.25) is 4.79 Å². The summed E-state index contributed by atoms with van der Waals surface area (Å²) in [5.74, 6) is -1.08. The molecule has 0 spiro atoms.